The average Bonchev–Trinajstić information content (AvgIpc) is 2.88. The topological polar surface area (TPSA) is 92.0 Å². The van der Waals surface area contributed by atoms with Crippen molar-refractivity contribution in [2.75, 3.05) is 0 Å². The van der Waals surface area contributed by atoms with Crippen molar-refractivity contribution in [3.05, 3.63) is 59.7 Å². The number of carboxylic acid groups (broad SMARTS) is 1. The summed E-state index contributed by atoms with van der Waals surface area (Å²) in [5.74, 6) is -1.01. The Hall–Kier alpha value is -3.10. The molecule has 5 nitrogen and oxygen atoms in total. The van der Waals surface area contributed by atoms with Crippen LogP contribution in [0.4, 0.5) is 0 Å². The quantitative estimate of drug-likeness (QED) is 0.773. The highest BCUT2D eigenvalue weighted by molar-refractivity contribution is 5.94. The van der Waals surface area contributed by atoms with Gasteiger partial charge in [-0.25, -0.2) is 0 Å². The van der Waals surface area contributed by atoms with Gasteiger partial charge in [-0.1, -0.05) is 42.5 Å². The van der Waals surface area contributed by atoms with Crippen LogP contribution in [0.5, 0.6) is 0 Å². The number of aryl methyl sites for hydroxylation is 1. The monoisotopic (exact) mass is 319 g/mol. The lowest BCUT2D eigenvalue weighted by atomic mass is 10.0. The Labute approximate surface area is 139 Å². The normalized spacial score (nSPS) is 12.0. The highest BCUT2D eigenvalue weighted by atomic mass is 16.4. The van der Waals surface area contributed by atoms with Gasteiger partial charge in [-0.15, -0.1) is 0 Å². The van der Waals surface area contributed by atoms with E-state index in [0.717, 1.165) is 27.7 Å². The zero-order chi connectivity index (χ0) is 17.3. The third-order valence-electron chi connectivity index (χ3n) is 4.22. The maximum absolute atomic E-state index is 10.9. The molecule has 0 saturated carbocycles. The van der Waals surface area contributed by atoms with Gasteiger partial charge in [0.25, 0.3) is 0 Å². The average molecular weight is 319 g/mol. The van der Waals surface area contributed by atoms with Crippen molar-refractivity contribution < 1.29 is 9.90 Å². The van der Waals surface area contributed by atoms with Crippen molar-refractivity contribution >= 4 is 16.9 Å². The van der Waals surface area contributed by atoms with Gasteiger partial charge in [-0.3, -0.25) is 4.79 Å². The van der Waals surface area contributed by atoms with Gasteiger partial charge in [-0.2, -0.15) is 5.26 Å². The Morgan fingerprint density at radius 3 is 2.54 bits per heavy atom. The third kappa shape index (κ3) is 2.64. The van der Waals surface area contributed by atoms with Crippen LogP contribution in [0.25, 0.3) is 22.2 Å². The molecule has 0 bridgehead atoms. The molecule has 0 amide bonds. The van der Waals surface area contributed by atoms with Crippen molar-refractivity contribution in [2.45, 2.75) is 12.5 Å². The highest BCUT2D eigenvalue weighted by Crippen LogP contribution is 2.32. The van der Waals surface area contributed by atoms with E-state index in [9.17, 15) is 10.1 Å². The molecule has 120 valence electrons. The van der Waals surface area contributed by atoms with Crippen molar-refractivity contribution in [3.8, 4) is 17.3 Å². The second-order valence-corrected chi connectivity index (χ2v) is 5.76. The number of rotatable bonds is 4. The molecule has 1 aromatic heterocycles. The first kappa shape index (κ1) is 15.8. The largest absolute Gasteiger partial charge is 0.480 e. The Morgan fingerprint density at radius 1 is 1.25 bits per heavy atom. The number of nitriles is 1. The summed E-state index contributed by atoms with van der Waals surface area (Å²) in [6.07, 6.45) is 0.274. The smallest absolute Gasteiger partial charge is 0.320 e. The van der Waals surface area contributed by atoms with Gasteiger partial charge in [0.1, 0.15) is 12.1 Å². The molecule has 3 aromatic rings. The molecule has 0 fully saturated rings. The van der Waals surface area contributed by atoms with Gasteiger partial charge < -0.3 is 15.4 Å². The van der Waals surface area contributed by atoms with Gasteiger partial charge in [0, 0.05) is 18.0 Å². The number of hydrogen-bond acceptors (Lipinski definition) is 3. The summed E-state index contributed by atoms with van der Waals surface area (Å²) in [4.78, 5) is 10.9. The van der Waals surface area contributed by atoms with Crippen LogP contribution >= 0.6 is 0 Å². The lowest BCUT2D eigenvalue weighted by molar-refractivity contribution is -0.138. The molecule has 0 unspecified atom stereocenters. The minimum Gasteiger partial charge on any atom is -0.480 e. The van der Waals surface area contributed by atoms with Gasteiger partial charge in [0.2, 0.25) is 0 Å². The van der Waals surface area contributed by atoms with E-state index in [0.29, 0.717) is 5.56 Å². The second kappa shape index (κ2) is 6.19. The molecular weight excluding hydrogens is 302 g/mol. The number of fused-ring (bicyclic) bond motifs is 1. The molecule has 0 aliphatic carbocycles. The Kier molecular flexibility index (Phi) is 4.07. The first-order valence-electron chi connectivity index (χ1n) is 7.58. The van der Waals surface area contributed by atoms with Crippen molar-refractivity contribution in [1.82, 2.24) is 4.57 Å². The SMILES string of the molecule is Cn1c(-c2ccc(C[C@H](N)C(=O)O)cc2)c(C#N)c2ccccc21. The lowest BCUT2D eigenvalue weighted by Crippen LogP contribution is -2.32. The number of carbonyl (C=O) groups is 1. The number of aliphatic carboxylic acids is 1. The summed E-state index contributed by atoms with van der Waals surface area (Å²) in [7, 11) is 1.94. The Morgan fingerprint density at radius 2 is 1.92 bits per heavy atom. The van der Waals surface area contributed by atoms with Gasteiger partial charge in [-0.05, 0) is 23.6 Å². The molecule has 0 aliphatic rings. The summed E-state index contributed by atoms with van der Waals surface area (Å²) in [6, 6.07) is 16.7. The second-order valence-electron chi connectivity index (χ2n) is 5.76. The minimum atomic E-state index is -1.01. The zero-order valence-corrected chi connectivity index (χ0v) is 13.2. The van der Waals surface area contributed by atoms with E-state index in [2.05, 4.69) is 6.07 Å². The maximum atomic E-state index is 10.9. The van der Waals surface area contributed by atoms with Crippen molar-refractivity contribution in [2.24, 2.45) is 12.8 Å². The predicted molar refractivity (Wildman–Crippen MR) is 92.4 cm³/mol. The molecule has 1 heterocycles. The fraction of sp³-hybridized carbons (Fsp3) is 0.158. The molecule has 5 heteroatoms. The van der Waals surface area contributed by atoms with E-state index in [-0.39, 0.29) is 6.42 Å². The van der Waals surface area contributed by atoms with Crippen LogP contribution in [0.1, 0.15) is 11.1 Å². The summed E-state index contributed by atoms with van der Waals surface area (Å²) >= 11 is 0. The Balaban J connectivity index is 2.04. The van der Waals surface area contributed by atoms with Crippen LogP contribution < -0.4 is 5.73 Å². The number of nitrogens with zero attached hydrogens (tertiary/aromatic N) is 2. The van der Waals surface area contributed by atoms with Gasteiger partial charge in [0.15, 0.2) is 0 Å². The minimum absolute atomic E-state index is 0.274. The summed E-state index contributed by atoms with van der Waals surface area (Å²) in [5, 5.41) is 19.4. The summed E-state index contributed by atoms with van der Waals surface area (Å²) in [5.41, 5.74) is 9.84. The number of nitrogens with two attached hydrogens (primary N) is 1. The summed E-state index contributed by atoms with van der Waals surface area (Å²) in [6.45, 7) is 0. The Bertz CT molecular complexity index is 949. The molecule has 0 radical (unpaired) electrons. The molecule has 0 spiro atoms. The van der Waals surface area contributed by atoms with E-state index in [1.165, 1.54) is 0 Å². The fourth-order valence-electron chi connectivity index (χ4n) is 2.98. The first-order valence-corrected chi connectivity index (χ1v) is 7.58. The van der Waals surface area contributed by atoms with Crippen LogP contribution in [0.15, 0.2) is 48.5 Å². The van der Waals surface area contributed by atoms with E-state index >= 15 is 0 Å². The highest BCUT2D eigenvalue weighted by Gasteiger charge is 2.17. The van der Waals surface area contributed by atoms with Crippen LogP contribution in [0.2, 0.25) is 0 Å². The molecule has 24 heavy (non-hydrogen) atoms. The van der Waals surface area contributed by atoms with E-state index < -0.39 is 12.0 Å². The number of para-hydroxylation sites is 1. The molecule has 0 aliphatic heterocycles. The molecule has 1 atom stereocenters. The molecule has 2 aromatic carbocycles. The van der Waals surface area contributed by atoms with Gasteiger partial charge >= 0.3 is 5.97 Å². The van der Waals surface area contributed by atoms with Crippen LogP contribution in [-0.2, 0) is 18.3 Å². The number of carboxylic acids is 1. The van der Waals surface area contributed by atoms with E-state index in [4.69, 9.17) is 10.8 Å². The van der Waals surface area contributed by atoms with Crippen LogP contribution in [0.3, 0.4) is 0 Å². The number of hydrogen-bond donors (Lipinski definition) is 2. The van der Waals surface area contributed by atoms with Gasteiger partial charge in [0.05, 0.1) is 11.3 Å². The van der Waals surface area contributed by atoms with E-state index in [1.807, 2.05) is 60.1 Å². The van der Waals surface area contributed by atoms with Crippen molar-refractivity contribution in [1.29, 1.82) is 5.26 Å². The standard InChI is InChI=1S/C19H17N3O2/c1-22-17-5-3-2-4-14(17)15(11-20)18(22)13-8-6-12(7-9-13)10-16(21)19(23)24/h2-9,16H,10,21H2,1H3,(H,23,24)/t16-/m0/s1. The molecular formula is C19H17N3O2. The zero-order valence-electron chi connectivity index (χ0n) is 13.2. The third-order valence-corrected chi connectivity index (χ3v) is 4.22. The molecule has 3 rings (SSSR count). The molecule has 0 saturated heterocycles. The number of aromatic nitrogens is 1. The van der Waals surface area contributed by atoms with E-state index in [1.54, 1.807) is 0 Å². The van der Waals surface area contributed by atoms with Crippen LogP contribution in [0, 0.1) is 11.3 Å². The summed E-state index contributed by atoms with van der Waals surface area (Å²) < 4.78 is 2.01. The fourth-order valence-corrected chi connectivity index (χ4v) is 2.98. The van der Waals surface area contributed by atoms with Crippen LogP contribution in [-0.4, -0.2) is 21.7 Å². The lowest BCUT2D eigenvalue weighted by Gasteiger charge is -2.09. The first-order chi connectivity index (χ1) is 11.5. The predicted octanol–water partition coefficient (Wildman–Crippen LogP) is 2.67. The maximum Gasteiger partial charge on any atom is 0.320 e. The van der Waals surface area contributed by atoms with Crippen molar-refractivity contribution in [3.63, 3.8) is 0 Å². The number of benzene rings is 2. The molecule has 3 N–H and O–H groups in total.